The van der Waals surface area contributed by atoms with Crippen molar-refractivity contribution in [2.45, 2.75) is 32.2 Å². The van der Waals surface area contributed by atoms with Gasteiger partial charge in [-0.3, -0.25) is 4.90 Å². The minimum Gasteiger partial charge on any atom is -0.329 e. The van der Waals surface area contributed by atoms with Crippen LogP contribution in [0.1, 0.15) is 26.7 Å². The summed E-state index contributed by atoms with van der Waals surface area (Å²) in [5.41, 5.74) is 5.22. The predicted octanol–water partition coefficient (Wildman–Crippen LogP) is 0.959. The number of rotatable bonds is 3. The van der Waals surface area contributed by atoms with E-state index in [2.05, 4.69) is 6.07 Å². The molecule has 0 heterocycles. The number of hydrogen-bond acceptors (Lipinski definition) is 3. The topological polar surface area (TPSA) is 53.0 Å². The lowest BCUT2D eigenvalue weighted by atomic mass is 10.3. The molecule has 0 aliphatic heterocycles. The third kappa shape index (κ3) is 2.47. The average Bonchev–Trinajstić information content (AvgIpc) is 2.89. The maximum atomic E-state index is 8.72. The van der Waals surface area contributed by atoms with Crippen molar-refractivity contribution in [1.29, 1.82) is 5.26 Å². The van der Waals surface area contributed by atoms with Crippen LogP contribution in [0.15, 0.2) is 0 Å². The van der Waals surface area contributed by atoms with Gasteiger partial charge in [-0.05, 0) is 19.9 Å². The van der Waals surface area contributed by atoms with E-state index >= 15 is 0 Å². The second-order valence-corrected chi connectivity index (χ2v) is 2.85. The average molecular weight is 169 g/mol. The Morgan fingerprint density at radius 3 is 2.25 bits per heavy atom. The van der Waals surface area contributed by atoms with Gasteiger partial charge >= 0.3 is 0 Å². The lowest BCUT2D eigenvalue weighted by Gasteiger charge is -2.20. The highest BCUT2D eigenvalue weighted by Gasteiger charge is 2.46. The molecule has 1 aliphatic carbocycles. The summed E-state index contributed by atoms with van der Waals surface area (Å²) >= 11 is 0. The highest BCUT2D eigenvalue weighted by Crippen LogP contribution is 2.39. The zero-order valence-electron chi connectivity index (χ0n) is 8.30. The Morgan fingerprint density at radius 1 is 1.50 bits per heavy atom. The van der Waals surface area contributed by atoms with Crippen LogP contribution >= 0.6 is 0 Å². The highest BCUT2D eigenvalue weighted by atomic mass is 15.2. The fourth-order valence-electron chi connectivity index (χ4n) is 1.10. The third-order valence-electron chi connectivity index (χ3n) is 2.13. The van der Waals surface area contributed by atoms with Crippen molar-refractivity contribution in [3.63, 3.8) is 0 Å². The molecular formula is C9H19N3. The molecular weight excluding hydrogens is 150 g/mol. The fourth-order valence-corrected chi connectivity index (χ4v) is 1.10. The molecule has 0 spiro atoms. The molecule has 0 radical (unpaired) electrons. The summed E-state index contributed by atoms with van der Waals surface area (Å²) in [7, 11) is 1.96. The molecule has 0 unspecified atom stereocenters. The number of nitrogens with two attached hydrogens (primary N) is 1. The van der Waals surface area contributed by atoms with Gasteiger partial charge in [0.15, 0.2) is 0 Å². The molecule has 12 heavy (non-hydrogen) atoms. The lowest BCUT2D eigenvalue weighted by Crippen LogP contribution is -2.36. The summed E-state index contributed by atoms with van der Waals surface area (Å²) in [6, 6.07) is 2.31. The van der Waals surface area contributed by atoms with E-state index in [1.165, 1.54) is 0 Å². The Hall–Kier alpha value is -0.590. The van der Waals surface area contributed by atoms with Crippen LogP contribution in [0, 0.1) is 11.3 Å². The Bertz CT molecular complexity index is 156. The second-order valence-electron chi connectivity index (χ2n) is 2.85. The zero-order chi connectivity index (χ0) is 9.61. The van der Waals surface area contributed by atoms with Crippen LogP contribution in [0.25, 0.3) is 0 Å². The van der Waals surface area contributed by atoms with Crippen molar-refractivity contribution in [2.24, 2.45) is 5.73 Å². The van der Waals surface area contributed by atoms with Crippen LogP contribution < -0.4 is 5.73 Å². The number of hydrogen-bond donors (Lipinski definition) is 1. The first-order valence-corrected chi connectivity index (χ1v) is 4.58. The Kier molecular flexibility index (Phi) is 4.87. The first-order valence-electron chi connectivity index (χ1n) is 4.58. The SMILES string of the molecule is CC.CN(CCN)C1(C#N)CC1. The van der Waals surface area contributed by atoms with Gasteiger partial charge < -0.3 is 5.73 Å². The van der Waals surface area contributed by atoms with Crippen molar-refractivity contribution in [1.82, 2.24) is 4.90 Å². The van der Waals surface area contributed by atoms with Crippen molar-refractivity contribution >= 4 is 0 Å². The largest absolute Gasteiger partial charge is 0.329 e. The van der Waals surface area contributed by atoms with Crippen LogP contribution in [0.2, 0.25) is 0 Å². The van der Waals surface area contributed by atoms with Gasteiger partial charge in [0.25, 0.3) is 0 Å². The van der Waals surface area contributed by atoms with Crippen LogP contribution in [-0.4, -0.2) is 30.6 Å². The Morgan fingerprint density at radius 2 is 2.00 bits per heavy atom. The van der Waals surface area contributed by atoms with Gasteiger partial charge in [-0.15, -0.1) is 0 Å². The summed E-state index contributed by atoms with van der Waals surface area (Å²) in [6.45, 7) is 5.47. The maximum absolute atomic E-state index is 8.72. The van der Waals surface area contributed by atoms with Crippen LogP contribution in [0.3, 0.4) is 0 Å². The molecule has 2 N–H and O–H groups in total. The molecule has 0 amide bonds. The predicted molar refractivity (Wildman–Crippen MR) is 50.6 cm³/mol. The van der Waals surface area contributed by atoms with E-state index in [-0.39, 0.29) is 5.54 Å². The third-order valence-corrected chi connectivity index (χ3v) is 2.13. The van der Waals surface area contributed by atoms with Gasteiger partial charge in [-0.25, -0.2) is 0 Å². The summed E-state index contributed by atoms with van der Waals surface area (Å²) in [6.07, 6.45) is 2.03. The summed E-state index contributed by atoms with van der Waals surface area (Å²) in [4.78, 5) is 2.05. The maximum Gasteiger partial charge on any atom is 0.109 e. The molecule has 3 nitrogen and oxygen atoms in total. The molecule has 0 aromatic rings. The van der Waals surface area contributed by atoms with Gasteiger partial charge in [0.05, 0.1) is 6.07 Å². The van der Waals surface area contributed by atoms with Gasteiger partial charge in [-0.2, -0.15) is 5.26 Å². The normalized spacial score (nSPS) is 17.7. The smallest absolute Gasteiger partial charge is 0.109 e. The Balaban J connectivity index is 0.000000561. The van der Waals surface area contributed by atoms with Crippen LogP contribution in [0.4, 0.5) is 0 Å². The van der Waals surface area contributed by atoms with Crippen molar-refractivity contribution in [3.05, 3.63) is 0 Å². The molecule has 0 aromatic carbocycles. The van der Waals surface area contributed by atoms with E-state index in [0.29, 0.717) is 6.54 Å². The molecule has 0 aromatic heterocycles. The number of nitrogens with zero attached hydrogens (tertiary/aromatic N) is 2. The van der Waals surface area contributed by atoms with E-state index in [4.69, 9.17) is 11.0 Å². The summed E-state index contributed by atoms with van der Waals surface area (Å²) in [5.74, 6) is 0. The van der Waals surface area contributed by atoms with Gasteiger partial charge in [-0.1, -0.05) is 13.8 Å². The summed E-state index contributed by atoms with van der Waals surface area (Å²) < 4.78 is 0. The van der Waals surface area contributed by atoms with Gasteiger partial charge in [0.2, 0.25) is 0 Å². The Labute approximate surface area is 75.2 Å². The van der Waals surface area contributed by atoms with E-state index in [1.54, 1.807) is 0 Å². The quantitative estimate of drug-likeness (QED) is 0.684. The van der Waals surface area contributed by atoms with E-state index in [1.807, 2.05) is 25.8 Å². The van der Waals surface area contributed by atoms with Crippen molar-refractivity contribution < 1.29 is 0 Å². The molecule has 1 fully saturated rings. The first kappa shape index (κ1) is 11.4. The molecule has 0 bridgehead atoms. The molecule has 1 aliphatic rings. The van der Waals surface area contributed by atoms with Crippen molar-refractivity contribution in [3.8, 4) is 6.07 Å². The molecule has 1 saturated carbocycles. The van der Waals surface area contributed by atoms with Gasteiger partial charge in [0.1, 0.15) is 5.54 Å². The van der Waals surface area contributed by atoms with E-state index in [0.717, 1.165) is 19.4 Å². The van der Waals surface area contributed by atoms with Gasteiger partial charge in [0, 0.05) is 13.1 Å². The molecule has 0 saturated heterocycles. The second kappa shape index (κ2) is 5.13. The molecule has 3 heteroatoms. The van der Waals surface area contributed by atoms with E-state index < -0.39 is 0 Å². The highest BCUT2D eigenvalue weighted by molar-refractivity contribution is 5.18. The first-order chi connectivity index (χ1) is 5.75. The minimum atomic E-state index is -0.140. The molecule has 0 atom stereocenters. The minimum absolute atomic E-state index is 0.140. The standard InChI is InChI=1S/C7H13N3.C2H6/c1-10(5-4-8)7(6-9)2-3-7;1-2/h2-5,8H2,1H3;1-2H3. The van der Waals surface area contributed by atoms with Crippen LogP contribution in [-0.2, 0) is 0 Å². The summed E-state index contributed by atoms with van der Waals surface area (Å²) in [5, 5.41) is 8.72. The lowest BCUT2D eigenvalue weighted by molar-refractivity contribution is 0.278. The van der Waals surface area contributed by atoms with Crippen molar-refractivity contribution in [2.75, 3.05) is 20.1 Å². The monoisotopic (exact) mass is 169 g/mol. The fraction of sp³-hybridized carbons (Fsp3) is 0.889. The molecule has 70 valence electrons. The number of nitriles is 1. The number of likely N-dealkylation sites (N-methyl/N-ethyl adjacent to an activating group) is 1. The zero-order valence-corrected chi connectivity index (χ0v) is 8.30. The van der Waals surface area contributed by atoms with Crippen LogP contribution in [0.5, 0.6) is 0 Å². The molecule has 1 rings (SSSR count). The van der Waals surface area contributed by atoms with E-state index in [9.17, 15) is 0 Å².